The summed E-state index contributed by atoms with van der Waals surface area (Å²) in [6.45, 7) is 1.51. The quantitative estimate of drug-likeness (QED) is 0.442. The molecule has 0 N–H and O–H groups in total. The highest BCUT2D eigenvalue weighted by atomic mass is 16.5. The number of nitrogens with zero attached hydrogens (tertiary/aromatic N) is 3. The number of rotatable bonds is 4. The summed E-state index contributed by atoms with van der Waals surface area (Å²) in [5.41, 5.74) is 0.940. The average molecular weight is 275 g/mol. The Labute approximate surface area is 115 Å². The second-order valence-corrected chi connectivity index (χ2v) is 4.11. The average Bonchev–Trinajstić information content (AvgIpc) is 2.68. The van der Waals surface area contributed by atoms with Crippen molar-refractivity contribution < 1.29 is 19.1 Å². The van der Waals surface area contributed by atoms with E-state index in [1.807, 2.05) is 0 Å². The van der Waals surface area contributed by atoms with Crippen LogP contribution in [-0.4, -0.2) is 45.8 Å². The van der Waals surface area contributed by atoms with Gasteiger partial charge in [0.15, 0.2) is 0 Å². The van der Waals surface area contributed by atoms with Crippen LogP contribution >= 0.6 is 0 Å². The van der Waals surface area contributed by atoms with Gasteiger partial charge in [-0.1, -0.05) is 0 Å². The van der Waals surface area contributed by atoms with E-state index in [0.29, 0.717) is 11.1 Å². The molecule has 20 heavy (non-hydrogen) atoms. The summed E-state index contributed by atoms with van der Waals surface area (Å²) in [6.07, 6.45) is 5.95. The lowest BCUT2D eigenvalue weighted by atomic mass is 10.1. The fourth-order valence-electron chi connectivity index (χ4n) is 1.82. The number of carbonyl (C=O) groups excluding carboxylic acids is 3. The Balaban J connectivity index is 2.13. The molecule has 2 heterocycles. The molecule has 1 aliphatic heterocycles. The van der Waals surface area contributed by atoms with Crippen LogP contribution in [0, 0.1) is 0 Å². The predicted octanol–water partition coefficient (Wildman–Crippen LogP) is 0.182. The first-order valence-corrected chi connectivity index (χ1v) is 6.07. The molecule has 0 spiro atoms. The van der Waals surface area contributed by atoms with Crippen molar-refractivity contribution in [3.8, 4) is 0 Å². The van der Waals surface area contributed by atoms with Crippen molar-refractivity contribution in [2.45, 2.75) is 13.3 Å². The third-order valence-electron chi connectivity index (χ3n) is 2.68. The fraction of sp³-hybridized carbons (Fsp3) is 0.308. The van der Waals surface area contributed by atoms with Crippen LogP contribution in [0.5, 0.6) is 0 Å². The molecule has 0 atom stereocenters. The number of aromatic nitrogens is 2. The van der Waals surface area contributed by atoms with Gasteiger partial charge in [0.05, 0.1) is 13.0 Å². The van der Waals surface area contributed by atoms with Crippen molar-refractivity contribution >= 4 is 23.9 Å². The number of esters is 1. The first-order valence-electron chi connectivity index (χ1n) is 6.07. The first-order chi connectivity index (χ1) is 9.61. The molecule has 2 amide bonds. The van der Waals surface area contributed by atoms with Crippen LogP contribution in [0.15, 0.2) is 24.3 Å². The third-order valence-corrected chi connectivity index (χ3v) is 2.68. The van der Waals surface area contributed by atoms with Crippen LogP contribution in [0.4, 0.5) is 0 Å². The molecule has 0 aromatic carbocycles. The maximum absolute atomic E-state index is 12.0. The first kappa shape index (κ1) is 13.9. The van der Waals surface area contributed by atoms with Crippen molar-refractivity contribution in [1.29, 1.82) is 0 Å². The molecule has 0 aliphatic carbocycles. The smallest absolute Gasteiger partial charge is 0.326 e. The molecule has 1 aliphatic rings. The van der Waals surface area contributed by atoms with Crippen LogP contribution in [-0.2, 0) is 19.1 Å². The summed E-state index contributed by atoms with van der Waals surface area (Å²) in [5, 5.41) is 0. The van der Waals surface area contributed by atoms with Crippen LogP contribution < -0.4 is 0 Å². The predicted molar refractivity (Wildman–Crippen MR) is 68.0 cm³/mol. The maximum Gasteiger partial charge on any atom is 0.326 e. The number of likely N-dealkylation sites (tertiary alicyclic amines) is 1. The van der Waals surface area contributed by atoms with E-state index in [0.717, 1.165) is 4.90 Å². The maximum atomic E-state index is 12.0. The van der Waals surface area contributed by atoms with E-state index in [-0.39, 0.29) is 19.6 Å². The summed E-state index contributed by atoms with van der Waals surface area (Å²) in [6, 6.07) is 0. The zero-order valence-electron chi connectivity index (χ0n) is 10.9. The molecular weight excluding hydrogens is 262 g/mol. The van der Waals surface area contributed by atoms with E-state index in [4.69, 9.17) is 4.74 Å². The zero-order valence-corrected chi connectivity index (χ0v) is 10.9. The monoisotopic (exact) mass is 275 g/mol. The van der Waals surface area contributed by atoms with Gasteiger partial charge in [-0.05, 0) is 13.0 Å². The van der Waals surface area contributed by atoms with Gasteiger partial charge in [-0.15, -0.1) is 0 Å². The van der Waals surface area contributed by atoms with E-state index in [1.165, 1.54) is 18.7 Å². The Bertz CT molecular complexity index is 568. The van der Waals surface area contributed by atoms with Crippen LogP contribution in [0.2, 0.25) is 0 Å². The third kappa shape index (κ3) is 3.05. The van der Waals surface area contributed by atoms with Gasteiger partial charge in [0.25, 0.3) is 5.91 Å². The lowest BCUT2D eigenvalue weighted by Crippen LogP contribution is -2.35. The lowest BCUT2D eigenvalue weighted by molar-refractivity contribution is -0.151. The molecule has 7 nitrogen and oxygen atoms in total. The minimum Gasteiger partial charge on any atom is -0.465 e. The highest BCUT2D eigenvalue weighted by Crippen LogP contribution is 2.20. The zero-order chi connectivity index (χ0) is 14.5. The second kappa shape index (κ2) is 6.05. The summed E-state index contributed by atoms with van der Waals surface area (Å²) in [5.74, 6) is -1.49. The minimum atomic E-state index is -0.599. The molecule has 1 aromatic heterocycles. The van der Waals surface area contributed by atoms with Gasteiger partial charge in [-0.3, -0.25) is 19.3 Å². The van der Waals surface area contributed by atoms with Crippen molar-refractivity contribution in [3.05, 3.63) is 29.9 Å². The molecule has 1 aromatic rings. The van der Waals surface area contributed by atoms with Crippen molar-refractivity contribution in [2.24, 2.45) is 0 Å². The van der Waals surface area contributed by atoms with Gasteiger partial charge in [-0.25, -0.2) is 9.97 Å². The lowest BCUT2D eigenvalue weighted by Gasteiger charge is -2.11. The van der Waals surface area contributed by atoms with Gasteiger partial charge < -0.3 is 4.74 Å². The van der Waals surface area contributed by atoms with E-state index in [1.54, 1.807) is 13.0 Å². The highest BCUT2D eigenvalue weighted by molar-refractivity contribution is 6.16. The Kier molecular flexibility index (Phi) is 4.19. The van der Waals surface area contributed by atoms with E-state index >= 15 is 0 Å². The van der Waals surface area contributed by atoms with E-state index in [2.05, 4.69) is 9.97 Å². The second-order valence-electron chi connectivity index (χ2n) is 4.11. The van der Waals surface area contributed by atoms with E-state index < -0.39 is 17.8 Å². The molecule has 104 valence electrons. The Morgan fingerprint density at radius 3 is 2.75 bits per heavy atom. The number of carbonyl (C=O) groups is 3. The van der Waals surface area contributed by atoms with Crippen molar-refractivity contribution in [3.63, 3.8) is 0 Å². The number of ether oxygens (including phenoxy) is 1. The number of hydrogen-bond donors (Lipinski definition) is 0. The number of imide groups is 1. The Morgan fingerprint density at radius 2 is 2.10 bits per heavy atom. The summed E-state index contributed by atoms with van der Waals surface area (Å²) in [4.78, 5) is 43.7. The molecule has 1 saturated heterocycles. The van der Waals surface area contributed by atoms with Crippen molar-refractivity contribution in [2.75, 3.05) is 13.2 Å². The van der Waals surface area contributed by atoms with Gasteiger partial charge >= 0.3 is 5.97 Å². The van der Waals surface area contributed by atoms with Crippen LogP contribution in [0.3, 0.4) is 0 Å². The standard InChI is InChI=1S/C13H13N3O4/c1-2-20-12(18)7-16-11(17)4-10(13(16)19)3-9-5-14-8-15-6-9/h3,5-6,8H,2,4,7H2,1H3/b10-3+. The molecule has 7 heteroatoms. The minimum absolute atomic E-state index is 0.0346. The molecule has 0 saturated carbocycles. The molecule has 2 rings (SSSR count). The van der Waals surface area contributed by atoms with E-state index in [9.17, 15) is 14.4 Å². The van der Waals surface area contributed by atoms with Gasteiger partial charge in [0.1, 0.15) is 12.9 Å². The molecule has 0 bridgehead atoms. The fourth-order valence-corrected chi connectivity index (χ4v) is 1.82. The topological polar surface area (TPSA) is 89.5 Å². The molecule has 1 fully saturated rings. The van der Waals surface area contributed by atoms with Crippen LogP contribution in [0.1, 0.15) is 18.9 Å². The normalized spacial score (nSPS) is 16.9. The Hall–Kier alpha value is -2.57. The van der Waals surface area contributed by atoms with Crippen LogP contribution in [0.25, 0.3) is 6.08 Å². The molecule has 0 unspecified atom stereocenters. The summed E-state index contributed by atoms with van der Waals surface area (Å²) in [7, 11) is 0. The summed E-state index contributed by atoms with van der Waals surface area (Å²) >= 11 is 0. The highest BCUT2D eigenvalue weighted by Gasteiger charge is 2.35. The largest absolute Gasteiger partial charge is 0.465 e. The van der Waals surface area contributed by atoms with Gasteiger partial charge in [0, 0.05) is 23.5 Å². The Morgan fingerprint density at radius 1 is 1.40 bits per heavy atom. The van der Waals surface area contributed by atoms with Gasteiger partial charge in [-0.2, -0.15) is 0 Å². The number of hydrogen-bond acceptors (Lipinski definition) is 6. The SMILES string of the molecule is CCOC(=O)CN1C(=O)C/C(=C\c2cncnc2)C1=O. The van der Waals surface area contributed by atoms with Gasteiger partial charge in [0.2, 0.25) is 5.91 Å². The number of amides is 2. The summed E-state index contributed by atoms with van der Waals surface area (Å²) < 4.78 is 4.73. The molecular formula is C13H13N3O4. The molecule has 0 radical (unpaired) electrons. The van der Waals surface area contributed by atoms with Crippen molar-refractivity contribution in [1.82, 2.24) is 14.9 Å².